The zero-order valence-corrected chi connectivity index (χ0v) is 6.20. The molecule has 0 fully saturated rings. The summed E-state index contributed by atoms with van der Waals surface area (Å²) in [4.78, 5) is 7.26. The van der Waals surface area contributed by atoms with Gasteiger partial charge in [-0.3, -0.25) is 9.97 Å². The maximum Gasteiger partial charge on any atom is 0.0840 e. The molecule has 0 aromatic carbocycles. The van der Waals surface area contributed by atoms with E-state index in [1.807, 2.05) is 0 Å². The van der Waals surface area contributed by atoms with Gasteiger partial charge in [0.25, 0.3) is 0 Å². The van der Waals surface area contributed by atoms with Gasteiger partial charge in [-0.15, -0.1) is 0 Å². The maximum absolute atomic E-state index is 7.39. The number of nitrogens with zero attached hydrogens (tertiary/aromatic N) is 2. The Morgan fingerprint density at radius 1 is 0.750 bits per heavy atom. The van der Waals surface area contributed by atoms with Crippen LogP contribution < -0.4 is 0 Å². The Balaban J connectivity index is 2.57. The van der Waals surface area contributed by atoms with Crippen LogP contribution in [0.4, 0.5) is 0 Å². The van der Waals surface area contributed by atoms with Crippen molar-refractivity contribution in [1.29, 1.82) is 0 Å². The lowest BCUT2D eigenvalue weighted by atomic mass is 10.1. The predicted molar refractivity (Wildman–Crippen MR) is 47.5 cm³/mol. The molecular formula is C10H8N2. The molecule has 0 aliphatic rings. The van der Waals surface area contributed by atoms with Crippen molar-refractivity contribution in [2.45, 2.75) is 0 Å². The lowest BCUT2D eigenvalue weighted by molar-refractivity contribution is 1.31. The van der Waals surface area contributed by atoms with E-state index in [1.165, 1.54) is 24.3 Å². The van der Waals surface area contributed by atoms with E-state index in [9.17, 15) is 0 Å². The second-order valence-corrected chi connectivity index (χ2v) is 2.23. The molecule has 2 heteroatoms. The van der Waals surface area contributed by atoms with Gasteiger partial charge in [-0.1, -0.05) is 0 Å². The first-order valence-electron chi connectivity index (χ1n) is 5.45. The van der Waals surface area contributed by atoms with Crippen LogP contribution in [0.2, 0.25) is 0 Å². The van der Waals surface area contributed by atoms with Gasteiger partial charge in [-0.05, 0) is 35.4 Å². The molecule has 2 nitrogen and oxygen atoms in total. The summed E-state index contributed by atoms with van der Waals surface area (Å²) in [6.07, 6.45) is -0.00973. The Morgan fingerprint density at radius 2 is 1.08 bits per heavy atom. The van der Waals surface area contributed by atoms with Crippen LogP contribution in [-0.2, 0) is 0 Å². The first-order chi connectivity index (χ1) is 7.54. The van der Waals surface area contributed by atoms with Crippen LogP contribution in [0.15, 0.2) is 49.0 Å². The van der Waals surface area contributed by atoms with Gasteiger partial charge in [-0.2, -0.15) is 0 Å². The highest BCUT2D eigenvalue weighted by molar-refractivity contribution is 5.61. The van der Waals surface area contributed by atoms with Gasteiger partial charge < -0.3 is 0 Å². The monoisotopic (exact) mass is 160 g/mol. The fourth-order valence-electron chi connectivity index (χ4n) is 0.898. The first-order valence-corrected chi connectivity index (χ1v) is 3.45. The summed E-state index contributed by atoms with van der Waals surface area (Å²) < 4.78 is 29.6. The Kier molecular flexibility index (Phi) is 0.994. The number of hydrogen-bond donors (Lipinski definition) is 0. The molecular weight excluding hydrogens is 148 g/mol. The number of pyridine rings is 2. The minimum Gasteiger partial charge on any atom is -0.265 e. The highest BCUT2D eigenvalue weighted by atomic mass is 14.6. The molecule has 0 spiro atoms. The predicted octanol–water partition coefficient (Wildman–Crippen LogP) is 2.14. The van der Waals surface area contributed by atoms with Crippen LogP contribution in [0.1, 0.15) is 5.48 Å². The van der Waals surface area contributed by atoms with E-state index in [2.05, 4.69) is 9.97 Å². The topological polar surface area (TPSA) is 25.8 Å². The molecule has 0 saturated heterocycles. The molecule has 2 rings (SSSR count). The third-order valence-corrected chi connectivity index (χ3v) is 1.47. The second kappa shape index (κ2) is 3.13. The number of rotatable bonds is 1. The van der Waals surface area contributed by atoms with Crippen LogP contribution in [0.5, 0.6) is 0 Å². The van der Waals surface area contributed by atoms with Crippen molar-refractivity contribution < 1.29 is 5.48 Å². The molecule has 0 N–H and O–H groups in total. The zero-order valence-electron chi connectivity index (χ0n) is 10.2. The minimum atomic E-state index is -0.00243. The SMILES string of the molecule is [2H]c1cc(-c2cc([2H])nc([2H])c2)cc([2H])n1. The summed E-state index contributed by atoms with van der Waals surface area (Å²) in [5, 5.41) is 0. The Labute approximate surface area is 76.5 Å². The average molecular weight is 160 g/mol. The normalized spacial score (nSPS) is 14.3. The van der Waals surface area contributed by atoms with Gasteiger partial charge in [0.2, 0.25) is 0 Å². The van der Waals surface area contributed by atoms with Crippen molar-refractivity contribution >= 4 is 0 Å². The standard InChI is InChI=1S/C10H8N2/c1-5-11-6-2-9(1)10-3-7-12-8-4-10/h1-8H/i5D,6D,7D,8D. The molecule has 0 amide bonds. The number of aromatic nitrogens is 2. The molecule has 2 heterocycles. The molecule has 0 aliphatic heterocycles. The van der Waals surface area contributed by atoms with Crippen molar-refractivity contribution in [2.75, 3.05) is 0 Å². The van der Waals surface area contributed by atoms with E-state index < -0.39 is 0 Å². The van der Waals surface area contributed by atoms with E-state index in [-0.39, 0.29) is 24.7 Å². The van der Waals surface area contributed by atoms with Crippen molar-refractivity contribution in [1.82, 2.24) is 9.97 Å². The van der Waals surface area contributed by atoms with Crippen molar-refractivity contribution in [3.63, 3.8) is 0 Å². The Bertz CT molecular complexity index is 452. The largest absolute Gasteiger partial charge is 0.265 e. The second-order valence-electron chi connectivity index (χ2n) is 2.23. The van der Waals surface area contributed by atoms with Gasteiger partial charge in [0.1, 0.15) is 0 Å². The number of hydrogen-bond acceptors (Lipinski definition) is 2. The molecule has 2 aromatic heterocycles. The molecule has 58 valence electrons. The van der Waals surface area contributed by atoms with Crippen molar-refractivity contribution in [3.05, 3.63) is 49.0 Å². The Morgan fingerprint density at radius 3 is 1.42 bits per heavy atom. The van der Waals surface area contributed by atoms with Gasteiger partial charge in [0.15, 0.2) is 0 Å². The smallest absolute Gasteiger partial charge is 0.0840 e. The lowest BCUT2D eigenvalue weighted by Crippen LogP contribution is -1.77. The summed E-state index contributed by atoms with van der Waals surface area (Å²) in [6.45, 7) is 0. The van der Waals surface area contributed by atoms with Crippen LogP contribution in [-0.4, -0.2) is 9.97 Å². The van der Waals surface area contributed by atoms with E-state index in [1.54, 1.807) is 0 Å². The van der Waals surface area contributed by atoms with E-state index >= 15 is 0 Å². The molecule has 0 atom stereocenters. The summed E-state index contributed by atoms with van der Waals surface area (Å²) in [5.74, 6) is 0. The summed E-state index contributed by atoms with van der Waals surface area (Å²) in [6, 6.07) is 5.97. The highest BCUT2D eigenvalue weighted by Crippen LogP contribution is 2.15. The lowest BCUT2D eigenvalue weighted by Gasteiger charge is -1.97. The zero-order chi connectivity index (χ0) is 11.7. The van der Waals surface area contributed by atoms with Gasteiger partial charge >= 0.3 is 0 Å². The summed E-state index contributed by atoms with van der Waals surface area (Å²) in [7, 11) is 0. The Hall–Kier alpha value is -1.70. The molecule has 0 unspecified atom stereocenters. The van der Waals surface area contributed by atoms with E-state index in [0.29, 0.717) is 11.1 Å². The van der Waals surface area contributed by atoms with Crippen LogP contribution >= 0.6 is 0 Å². The first kappa shape index (κ1) is 3.81. The van der Waals surface area contributed by atoms with Crippen molar-refractivity contribution in [2.24, 2.45) is 0 Å². The summed E-state index contributed by atoms with van der Waals surface area (Å²) >= 11 is 0. The van der Waals surface area contributed by atoms with Gasteiger partial charge in [0.05, 0.1) is 5.48 Å². The third-order valence-electron chi connectivity index (χ3n) is 1.47. The summed E-state index contributed by atoms with van der Waals surface area (Å²) in [5.41, 5.74) is 1.21. The fraction of sp³-hybridized carbons (Fsp3) is 0. The van der Waals surface area contributed by atoms with Gasteiger partial charge in [-0.25, -0.2) is 0 Å². The molecule has 2 aromatic rings. The van der Waals surface area contributed by atoms with Crippen LogP contribution in [0.3, 0.4) is 0 Å². The molecule has 0 aliphatic carbocycles. The highest BCUT2D eigenvalue weighted by Gasteiger charge is 1.92. The van der Waals surface area contributed by atoms with Crippen LogP contribution in [0.25, 0.3) is 11.1 Å². The van der Waals surface area contributed by atoms with Crippen LogP contribution in [0, 0.1) is 0 Å². The third kappa shape index (κ3) is 1.32. The molecule has 12 heavy (non-hydrogen) atoms. The van der Waals surface area contributed by atoms with E-state index in [4.69, 9.17) is 5.48 Å². The molecule has 0 bridgehead atoms. The van der Waals surface area contributed by atoms with Gasteiger partial charge in [0, 0.05) is 24.7 Å². The average Bonchev–Trinajstić information content (AvgIpc) is 2.14. The van der Waals surface area contributed by atoms with E-state index in [0.717, 1.165) is 0 Å². The molecule has 0 saturated carbocycles. The quantitative estimate of drug-likeness (QED) is 0.638. The minimum absolute atomic E-state index is 0.00243. The molecule has 0 radical (unpaired) electrons. The fourth-order valence-corrected chi connectivity index (χ4v) is 0.898. The maximum atomic E-state index is 7.39. The van der Waals surface area contributed by atoms with Crippen molar-refractivity contribution in [3.8, 4) is 11.1 Å².